The number of pyridine rings is 1. The number of halogens is 1. The van der Waals surface area contributed by atoms with E-state index in [1.54, 1.807) is 0 Å². The van der Waals surface area contributed by atoms with Gasteiger partial charge >= 0.3 is 0 Å². The second-order valence-corrected chi connectivity index (χ2v) is 4.93. The highest BCUT2D eigenvalue weighted by atomic mass is 35.5. The third-order valence-corrected chi connectivity index (χ3v) is 3.24. The monoisotopic (exact) mass is 246 g/mol. The first-order valence-electron chi connectivity index (χ1n) is 4.51. The summed E-state index contributed by atoms with van der Waals surface area (Å²) in [6.45, 7) is 4.09. The van der Waals surface area contributed by atoms with E-state index in [0.717, 1.165) is 6.42 Å². The summed E-state index contributed by atoms with van der Waals surface area (Å²) >= 11 is 7.18. The molecule has 1 atom stereocenters. The van der Waals surface area contributed by atoms with Crippen molar-refractivity contribution < 1.29 is 4.92 Å². The first-order valence-corrected chi connectivity index (χ1v) is 5.77. The van der Waals surface area contributed by atoms with E-state index in [2.05, 4.69) is 11.9 Å². The molecule has 1 unspecified atom stereocenters. The van der Waals surface area contributed by atoms with Crippen LogP contribution >= 0.6 is 23.4 Å². The summed E-state index contributed by atoms with van der Waals surface area (Å²) in [7, 11) is 0. The quantitative estimate of drug-likeness (QED) is 0.353. The maximum absolute atomic E-state index is 10.6. The lowest BCUT2D eigenvalue weighted by Gasteiger charge is -2.06. The molecule has 0 saturated heterocycles. The number of rotatable bonds is 4. The fourth-order valence-corrected chi connectivity index (χ4v) is 2.09. The number of nitrogens with zero attached hydrogens (tertiary/aromatic N) is 2. The predicted octanol–water partition coefficient (Wildman–Crippen LogP) is 3.53. The van der Waals surface area contributed by atoms with E-state index >= 15 is 0 Å². The molecule has 0 spiro atoms. The third-order valence-electron chi connectivity index (χ3n) is 1.86. The molecule has 0 aliphatic rings. The lowest BCUT2D eigenvalue weighted by molar-refractivity contribution is -0.385. The summed E-state index contributed by atoms with van der Waals surface area (Å²) in [5.41, 5.74) is -0.0131. The maximum atomic E-state index is 10.6. The van der Waals surface area contributed by atoms with E-state index < -0.39 is 4.92 Å². The number of aromatic nitrogens is 1. The summed E-state index contributed by atoms with van der Waals surface area (Å²) in [5, 5.41) is 11.7. The Kier molecular flexibility index (Phi) is 4.35. The van der Waals surface area contributed by atoms with Crippen LogP contribution in [0.5, 0.6) is 0 Å². The summed E-state index contributed by atoms with van der Waals surface area (Å²) in [6.07, 6.45) is 0.979. The normalized spacial score (nSPS) is 12.5. The van der Waals surface area contributed by atoms with Gasteiger partial charge in [-0.25, -0.2) is 4.98 Å². The standard InChI is InChI=1S/C9H11ClN2O2S/c1-3-6(2)15-9-5-7(12(13)14)4-8(10)11-9/h4-6H,3H2,1-2H3. The van der Waals surface area contributed by atoms with Gasteiger partial charge in [0.2, 0.25) is 0 Å². The Labute approximate surface area is 97.2 Å². The molecule has 4 nitrogen and oxygen atoms in total. The Morgan fingerprint density at radius 1 is 1.67 bits per heavy atom. The summed E-state index contributed by atoms with van der Waals surface area (Å²) in [6, 6.07) is 2.70. The van der Waals surface area contributed by atoms with Crippen LogP contribution in [0.2, 0.25) is 5.15 Å². The highest BCUT2D eigenvalue weighted by molar-refractivity contribution is 7.99. The molecule has 1 heterocycles. The van der Waals surface area contributed by atoms with Crippen LogP contribution in [-0.2, 0) is 0 Å². The van der Waals surface area contributed by atoms with E-state index in [4.69, 9.17) is 11.6 Å². The van der Waals surface area contributed by atoms with E-state index in [0.29, 0.717) is 10.3 Å². The van der Waals surface area contributed by atoms with Crippen LogP contribution in [0.1, 0.15) is 20.3 Å². The second kappa shape index (κ2) is 5.32. The predicted molar refractivity (Wildman–Crippen MR) is 61.5 cm³/mol. The van der Waals surface area contributed by atoms with Crippen LogP contribution in [-0.4, -0.2) is 15.2 Å². The molecular formula is C9H11ClN2O2S. The molecule has 0 fully saturated rings. The van der Waals surface area contributed by atoms with Crippen LogP contribution in [0, 0.1) is 10.1 Å². The van der Waals surface area contributed by atoms with Gasteiger partial charge in [0.1, 0.15) is 10.2 Å². The van der Waals surface area contributed by atoms with Gasteiger partial charge in [-0.2, -0.15) is 0 Å². The van der Waals surface area contributed by atoms with Crippen LogP contribution in [0.25, 0.3) is 0 Å². The molecule has 1 rings (SSSR count). The molecule has 0 saturated carbocycles. The van der Waals surface area contributed by atoms with E-state index in [1.807, 2.05) is 6.92 Å². The SMILES string of the molecule is CCC(C)Sc1cc([N+](=O)[O-])cc(Cl)n1. The minimum atomic E-state index is -0.464. The van der Waals surface area contributed by atoms with Crippen LogP contribution in [0.15, 0.2) is 17.2 Å². The molecule has 0 radical (unpaired) electrons. The second-order valence-electron chi connectivity index (χ2n) is 3.08. The number of nitro groups is 1. The van der Waals surface area contributed by atoms with Crippen molar-refractivity contribution in [2.24, 2.45) is 0 Å². The van der Waals surface area contributed by atoms with Gasteiger partial charge < -0.3 is 0 Å². The zero-order valence-corrected chi connectivity index (χ0v) is 10.0. The topological polar surface area (TPSA) is 56.0 Å². The van der Waals surface area contributed by atoms with Crippen molar-refractivity contribution in [3.05, 3.63) is 27.4 Å². The maximum Gasteiger partial charge on any atom is 0.275 e. The van der Waals surface area contributed by atoms with E-state index in [9.17, 15) is 10.1 Å². The highest BCUT2D eigenvalue weighted by Gasteiger charge is 2.12. The summed E-state index contributed by atoms with van der Waals surface area (Å²) in [4.78, 5) is 14.1. The summed E-state index contributed by atoms with van der Waals surface area (Å²) < 4.78 is 0. The van der Waals surface area contributed by atoms with Gasteiger partial charge in [0.25, 0.3) is 5.69 Å². The lowest BCUT2D eigenvalue weighted by atomic mass is 10.4. The molecular weight excluding hydrogens is 236 g/mol. The third kappa shape index (κ3) is 3.68. The van der Waals surface area contributed by atoms with E-state index in [1.165, 1.54) is 23.9 Å². The first kappa shape index (κ1) is 12.3. The molecule has 0 aromatic carbocycles. The van der Waals surface area contributed by atoms with Crippen molar-refractivity contribution in [2.75, 3.05) is 0 Å². The first-order chi connectivity index (χ1) is 7.02. The lowest BCUT2D eigenvalue weighted by Crippen LogP contribution is -1.95. The molecule has 0 bridgehead atoms. The molecule has 1 aromatic heterocycles. The summed E-state index contributed by atoms with van der Waals surface area (Å²) in [5.74, 6) is 0. The fourth-order valence-electron chi connectivity index (χ4n) is 0.915. The number of thioether (sulfide) groups is 1. The molecule has 1 aromatic rings. The molecule has 0 amide bonds. The Morgan fingerprint density at radius 3 is 2.87 bits per heavy atom. The Balaban J connectivity index is 2.93. The van der Waals surface area contributed by atoms with Crippen molar-refractivity contribution >= 4 is 29.1 Å². The van der Waals surface area contributed by atoms with Gasteiger partial charge in [-0.3, -0.25) is 10.1 Å². The Hall–Kier alpha value is -0.810. The smallest absolute Gasteiger partial charge is 0.258 e. The van der Waals surface area contributed by atoms with Gasteiger partial charge in [-0.15, -0.1) is 11.8 Å². The van der Waals surface area contributed by atoms with Crippen LogP contribution in [0.4, 0.5) is 5.69 Å². The van der Waals surface area contributed by atoms with Crippen LogP contribution in [0.3, 0.4) is 0 Å². The fraction of sp³-hybridized carbons (Fsp3) is 0.444. The number of hydrogen-bond acceptors (Lipinski definition) is 4. The van der Waals surface area contributed by atoms with Gasteiger partial charge in [0, 0.05) is 11.3 Å². The van der Waals surface area contributed by atoms with Crippen molar-refractivity contribution in [1.29, 1.82) is 0 Å². The van der Waals surface area contributed by atoms with Gasteiger partial charge in [0.15, 0.2) is 0 Å². The average Bonchev–Trinajstić information content (AvgIpc) is 2.16. The average molecular weight is 247 g/mol. The largest absolute Gasteiger partial charge is 0.275 e. The van der Waals surface area contributed by atoms with Gasteiger partial charge in [-0.05, 0) is 6.42 Å². The van der Waals surface area contributed by atoms with Crippen LogP contribution < -0.4 is 0 Å². The molecule has 0 aliphatic carbocycles. The zero-order valence-electron chi connectivity index (χ0n) is 8.44. The van der Waals surface area contributed by atoms with Crippen molar-refractivity contribution in [3.63, 3.8) is 0 Å². The molecule has 0 N–H and O–H groups in total. The van der Waals surface area contributed by atoms with Crippen molar-refractivity contribution in [3.8, 4) is 0 Å². The highest BCUT2D eigenvalue weighted by Crippen LogP contribution is 2.28. The molecule has 6 heteroatoms. The molecule has 15 heavy (non-hydrogen) atoms. The van der Waals surface area contributed by atoms with Gasteiger partial charge in [0.05, 0.1) is 11.0 Å². The zero-order chi connectivity index (χ0) is 11.4. The van der Waals surface area contributed by atoms with Crippen molar-refractivity contribution in [1.82, 2.24) is 4.98 Å². The minimum Gasteiger partial charge on any atom is -0.258 e. The molecule has 0 aliphatic heterocycles. The van der Waals surface area contributed by atoms with Crippen molar-refractivity contribution in [2.45, 2.75) is 30.5 Å². The molecule has 82 valence electrons. The van der Waals surface area contributed by atoms with E-state index in [-0.39, 0.29) is 10.8 Å². The minimum absolute atomic E-state index is 0.0131. The Bertz CT molecular complexity index is 373. The van der Waals surface area contributed by atoms with Gasteiger partial charge in [-0.1, -0.05) is 25.4 Å². The Morgan fingerprint density at radius 2 is 2.33 bits per heavy atom. The number of hydrogen-bond donors (Lipinski definition) is 0.